The minimum atomic E-state index is 0.491. The van der Waals surface area contributed by atoms with Crippen LogP contribution >= 0.6 is 0 Å². The number of rotatable bonds is 3. The summed E-state index contributed by atoms with van der Waals surface area (Å²) in [5.41, 5.74) is 3.31. The molecule has 3 heterocycles. The highest BCUT2D eigenvalue weighted by Crippen LogP contribution is 2.35. The predicted octanol–water partition coefficient (Wildman–Crippen LogP) is 4.18. The van der Waals surface area contributed by atoms with Crippen LogP contribution < -0.4 is 0 Å². The van der Waals surface area contributed by atoms with Gasteiger partial charge in [-0.2, -0.15) is 5.10 Å². The van der Waals surface area contributed by atoms with Gasteiger partial charge in [-0.15, -0.1) is 0 Å². The summed E-state index contributed by atoms with van der Waals surface area (Å²) in [6, 6.07) is 4.64. The van der Waals surface area contributed by atoms with Gasteiger partial charge in [-0.05, 0) is 43.4 Å². The molecule has 0 aliphatic heterocycles. The van der Waals surface area contributed by atoms with Gasteiger partial charge in [0.2, 0.25) is 0 Å². The van der Waals surface area contributed by atoms with E-state index in [0.29, 0.717) is 6.04 Å². The van der Waals surface area contributed by atoms with E-state index in [1.807, 2.05) is 18.6 Å². The van der Waals surface area contributed by atoms with Crippen LogP contribution in [0.15, 0.2) is 36.9 Å². The van der Waals surface area contributed by atoms with Crippen molar-refractivity contribution >= 4 is 11.0 Å². The van der Waals surface area contributed by atoms with E-state index >= 15 is 0 Å². The molecule has 4 heteroatoms. The summed E-state index contributed by atoms with van der Waals surface area (Å²) in [5, 5.41) is 5.77. The normalized spacial score (nSPS) is 17.6. The standard InChI is InChI=1S/C17H20N4/c1-12(13-4-2-3-5-13)21-11-14(10-20-21)15-6-8-18-17-16(15)7-9-19-17/h6-13H,2-5H2,1H3,(H,18,19). The van der Waals surface area contributed by atoms with Crippen LogP contribution in [-0.2, 0) is 0 Å². The van der Waals surface area contributed by atoms with E-state index < -0.39 is 0 Å². The van der Waals surface area contributed by atoms with E-state index in [4.69, 9.17) is 0 Å². The Morgan fingerprint density at radius 3 is 3.00 bits per heavy atom. The van der Waals surface area contributed by atoms with Crippen molar-refractivity contribution in [2.75, 3.05) is 0 Å². The topological polar surface area (TPSA) is 46.5 Å². The van der Waals surface area contributed by atoms with Crippen molar-refractivity contribution in [2.24, 2.45) is 5.92 Å². The van der Waals surface area contributed by atoms with Gasteiger partial charge in [-0.1, -0.05) is 12.8 Å². The lowest BCUT2D eigenvalue weighted by molar-refractivity contribution is 0.335. The van der Waals surface area contributed by atoms with Crippen LogP contribution in [0.4, 0.5) is 0 Å². The third-order valence-electron chi connectivity index (χ3n) is 4.87. The molecule has 0 saturated heterocycles. The van der Waals surface area contributed by atoms with E-state index in [2.05, 4.69) is 45.0 Å². The Balaban J connectivity index is 1.69. The average Bonchev–Trinajstić information content (AvgIpc) is 3.25. The molecule has 4 rings (SSSR count). The monoisotopic (exact) mass is 280 g/mol. The second-order valence-electron chi connectivity index (χ2n) is 6.09. The largest absolute Gasteiger partial charge is 0.346 e. The third-order valence-corrected chi connectivity index (χ3v) is 4.87. The molecule has 1 aliphatic carbocycles. The maximum atomic E-state index is 4.61. The van der Waals surface area contributed by atoms with Crippen LogP contribution in [0, 0.1) is 5.92 Å². The fourth-order valence-electron chi connectivity index (χ4n) is 3.57. The van der Waals surface area contributed by atoms with Crippen molar-refractivity contribution in [1.29, 1.82) is 0 Å². The molecule has 1 fully saturated rings. The fraction of sp³-hybridized carbons (Fsp3) is 0.412. The first-order chi connectivity index (χ1) is 10.3. The van der Waals surface area contributed by atoms with Crippen LogP contribution in [0.1, 0.15) is 38.6 Å². The van der Waals surface area contributed by atoms with E-state index in [0.717, 1.165) is 17.0 Å². The van der Waals surface area contributed by atoms with E-state index in [9.17, 15) is 0 Å². The van der Waals surface area contributed by atoms with Gasteiger partial charge in [0.15, 0.2) is 0 Å². The van der Waals surface area contributed by atoms with Crippen LogP contribution in [0.2, 0.25) is 0 Å². The Morgan fingerprint density at radius 1 is 1.29 bits per heavy atom. The molecular weight excluding hydrogens is 260 g/mol. The summed E-state index contributed by atoms with van der Waals surface area (Å²) in [4.78, 5) is 7.52. The van der Waals surface area contributed by atoms with Gasteiger partial charge in [0.1, 0.15) is 5.65 Å². The van der Waals surface area contributed by atoms with Gasteiger partial charge in [0, 0.05) is 29.5 Å². The number of nitrogens with zero attached hydrogens (tertiary/aromatic N) is 3. The fourth-order valence-corrected chi connectivity index (χ4v) is 3.57. The summed E-state index contributed by atoms with van der Waals surface area (Å²) in [6.45, 7) is 2.30. The number of fused-ring (bicyclic) bond motifs is 1. The zero-order valence-corrected chi connectivity index (χ0v) is 12.3. The van der Waals surface area contributed by atoms with E-state index in [1.165, 1.54) is 36.8 Å². The van der Waals surface area contributed by atoms with Crippen molar-refractivity contribution in [3.8, 4) is 11.1 Å². The SMILES string of the molecule is CC(C1CCCC1)n1cc(-c2ccnc3[nH]ccc23)cn1. The van der Waals surface area contributed by atoms with Gasteiger partial charge in [-0.25, -0.2) is 4.98 Å². The number of nitrogens with one attached hydrogen (secondary N) is 1. The maximum Gasteiger partial charge on any atom is 0.137 e. The number of pyridine rings is 1. The highest BCUT2D eigenvalue weighted by Gasteiger charge is 2.23. The summed E-state index contributed by atoms with van der Waals surface area (Å²) in [6.07, 6.45) is 13.4. The summed E-state index contributed by atoms with van der Waals surface area (Å²) < 4.78 is 2.14. The molecule has 0 radical (unpaired) electrons. The van der Waals surface area contributed by atoms with Crippen molar-refractivity contribution in [1.82, 2.24) is 19.7 Å². The molecule has 108 valence electrons. The van der Waals surface area contributed by atoms with Crippen LogP contribution in [0.3, 0.4) is 0 Å². The number of H-pyrrole nitrogens is 1. The van der Waals surface area contributed by atoms with Gasteiger partial charge in [-0.3, -0.25) is 4.68 Å². The van der Waals surface area contributed by atoms with Crippen molar-refractivity contribution < 1.29 is 0 Å². The molecule has 4 nitrogen and oxygen atoms in total. The first-order valence-corrected chi connectivity index (χ1v) is 7.79. The number of hydrogen-bond acceptors (Lipinski definition) is 2. The molecule has 1 N–H and O–H groups in total. The molecule has 0 aromatic carbocycles. The Kier molecular flexibility index (Phi) is 3.02. The van der Waals surface area contributed by atoms with Crippen LogP contribution in [0.5, 0.6) is 0 Å². The Bertz CT molecular complexity index is 749. The molecule has 0 amide bonds. The Labute approximate surface area is 124 Å². The van der Waals surface area contributed by atoms with Crippen molar-refractivity contribution in [3.63, 3.8) is 0 Å². The summed E-state index contributed by atoms with van der Waals surface area (Å²) in [7, 11) is 0. The molecule has 3 aromatic rings. The highest BCUT2D eigenvalue weighted by atomic mass is 15.3. The van der Waals surface area contributed by atoms with E-state index in [1.54, 1.807) is 0 Å². The van der Waals surface area contributed by atoms with Gasteiger partial charge >= 0.3 is 0 Å². The lowest BCUT2D eigenvalue weighted by atomic mass is 10.00. The lowest BCUT2D eigenvalue weighted by Crippen LogP contribution is -2.14. The predicted molar refractivity (Wildman–Crippen MR) is 84.0 cm³/mol. The summed E-state index contributed by atoms with van der Waals surface area (Å²) in [5.74, 6) is 0.780. The number of aromatic amines is 1. The third kappa shape index (κ3) is 2.15. The number of hydrogen-bond donors (Lipinski definition) is 1. The molecule has 1 unspecified atom stereocenters. The van der Waals surface area contributed by atoms with Crippen LogP contribution in [0.25, 0.3) is 22.2 Å². The zero-order valence-electron chi connectivity index (χ0n) is 12.3. The molecule has 0 spiro atoms. The molecule has 21 heavy (non-hydrogen) atoms. The molecular formula is C17H20N4. The van der Waals surface area contributed by atoms with Crippen molar-refractivity contribution in [3.05, 3.63) is 36.9 Å². The molecule has 3 aromatic heterocycles. The van der Waals surface area contributed by atoms with Gasteiger partial charge < -0.3 is 4.98 Å². The molecule has 1 saturated carbocycles. The zero-order chi connectivity index (χ0) is 14.2. The van der Waals surface area contributed by atoms with Gasteiger partial charge in [0.05, 0.1) is 12.2 Å². The molecule has 0 bridgehead atoms. The maximum absolute atomic E-state index is 4.61. The lowest BCUT2D eigenvalue weighted by Gasteiger charge is -2.19. The number of aromatic nitrogens is 4. The molecule has 1 aliphatic rings. The summed E-state index contributed by atoms with van der Waals surface area (Å²) >= 11 is 0. The minimum Gasteiger partial charge on any atom is -0.346 e. The second-order valence-corrected chi connectivity index (χ2v) is 6.09. The van der Waals surface area contributed by atoms with Crippen LogP contribution in [-0.4, -0.2) is 19.7 Å². The Morgan fingerprint density at radius 2 is 2.14 bits per heavy atom. The quantitative estimate of drug-likeness (QED) is 0.782. The Hall–Kier alpha value is -2.10. The first-order valence-electron chi connectivity index (χ1n) is 7.79. The van der Waals surface area contributed by atoms with Crippen molar-refractivity contribution in [2.45, 2.75) is 38.6 Å². The smallest absolute Gasteiger partial charge is 0.137 e. The highest BCUT2D eigenvalue weighted by molar-refractivity contribution is 5.92. The molecule has 1 atom stereocenters. The second kappa shape index (κ2) is 5.02. The first kappa shape index (κ1) is 12.6. The van der Waals surface area contributed by atoms with E-state index in [-0.39, 0.29) is 0 Å². The average molecular weight is 280 g/mol. The minimum absolute atomic E-state index is 0.491. The van der Waals surface area contributed by atoms with Gasteiger partial charge in [0.25, 0.3) is 0 Å².